The van der Waals surface area contributed by atoms with Crippen molar-refractivity contribution in [3.05, 3.63) is 0 Å². The highest BCUT2D eigenvalue weighted by Crippen LogP contribution is 2.35. The predicted molar refractivity (Wildman–Crippen MR) is 93.7 cm³/mol. The summed E-state index contributed by atoms with van der Waals surface area (Å²) in [5.74, 6) is 1.65. The van der Waals surface area contributed by atoms with E-state index >= 15 is 0 Å². The maximum Gasteiger partial charge on any atom is 0.0572 e. The Kier molecular flexibility index (Phi) is 8.94. The van der Waals surface area contributed by atoms with Crippen LogP contribution in [-0.4, -0.2) is 12.7 Å². The van der Waals surface area contributed by atoms with Crippen molar-refractivity contribution in [1.29, 1.82) is 0 Å². The molecule has 0 bridgehead atoms. The normalized spacial score (nSPS) is 21.4. The molecule has 1 aliphatic rings. The van der Waals surface area contributed by atoms with Crippen LogP contribution < -0.4 is 0 Å². The Bertz CT molecular complexity index is 255. The third-order valence-corrected chi connectivity index (χ3v) is 5.57. The fourth-order valence-corrected chi connectivity index (χ4v) is 3.95. The molecule has 0 N–H and O–H groups in total. The Labute approximate surface area is 134 Å². The Morgan fingerprint density at radius 3 is 2.29 bits per heavy atom. The number of hydrogen-bond donors (Lipinski definition) is 0. The highest BCUT2D eigenvalue weighted by molar-refractivity contribution is 4.76. The van der Waals surface area contributed by atoms with Gasteiger partial charge in [0.25, 0.3) is 0 Å². The minimum Gasteiger partial charge on any atom is -0.378 e. The fourth-order valence-electron chi connectivity index (χ4n) is 3.95. The van der Waals surface area contributed by atoms with Gasteiger partial charge < -0.3 is 4.74 Å². The van der Waals surface area contributed by atoms with E-state index in [1.54, 1.807) is 0 Å². The third-order valence-electron chi connectivity index (χ3n) is 5.57. The quantitative estimate of drug-likeness (QED) is 0.441. The largest absolute Gasteiger partial charge is 0.378 e. The van der Waals surface area contributed by atoms with Crippen molar-refractivity contribution < 1.29 is 4.74 Å². The molecular weight excluding hydrogens is 256 g/mol. The molecule has 0 aromatic rings. The van der Waals surface area contributed by atoms with Crippen molar-refractivity contribution in [1.82, 2.24) is 0 Å². The van der Waals surface area contributed by atoms with E-state index in [0.717, 1.165) is 18.4 Å². The van der Waals surface area contributed by atoms with Gasteiger partial charge in [0.1, 0.15) is 0 Å². The molecule has 2 atom stereocenters. The van der Waals surface area contributed by atoms with Crippen molar-refractivity contribution in [2.24, 2.45) is 17.3 Å². The average Bonchev–Trinajstić information content (AvgIpc) is 2.48. The summed E-state index contributed by atoms with van der Waals surface area (Å²) >= 11 is 0. The van der Waals surface area contributed by atoms with Gasteiger partial charge in [0.15, 0.2) is 0 Å². The first kappa shape index (κ1) is 19.0. The third kappa shape index (κ3) is 7.68. The van der Waals surface area contributed by atoms with E-state index in [-0.39, 0.29) is 0 Å². The second kappa shape index (κ2) is 9.87. The van der Waals surface area contributed by atoms with Crippen LogP contribution in [0, 0.1) is 17.3 Å². The average molecular weight is 297 g/mol. The Morgan fingerprint density at radius 2 is 1.76 bits per heavy atom. The highest BCUT2D eigenvalue weighted by atomic mass is 16.5. The molecule has 0 saturated heterocycles. The van der Waals surface area contributed by atoms with Crippen molar-refractivity contribution in [2.75, 3.05) is 6.61 Å². The lowest BCUT2D eigenvalue weighted by Gasteiger charge is -2.32. The van der Waals surface area contributed by atoms with Gasteiger partial charge >= 0.3 is 0 Å². The van der Waals surface area contributed by atoms with Crippen LogP contribution >= 0.6 is 0 Å². The summed E-state index contributed by atoms with van der Waals surface area (Å²) in [5, 5.41) is 0. The summed E-state index contributed by atoms with van der Waals surface area (Å²) in [6.07, 6.45) is 14.0. The second-order valence-corrected chi connectivity index (χ2v) is 8.17. The van der Waals surface area contributed by atoms with Crippen LogP contribution in [0.25, 0.3) is 0 Å². The molecule has 0 aromatic heterocycles. The lowest BCUT2D eigenvalue weighted by molar-refractivity contribution is 0.00568. The lowest BCUT2D eigenvalue weighted by atomic mass is 9.75. The van der Waals surface area contributed by atoms with Gasteiger partial charge in [-0.3, -0.25) is 0 Å². The van der Waals surface area contributed by atoms with Gasteiger partial charge in [-0.15, -0.1) is 0 Å². The van der Waals surface area contributed by atoms with Gasteiger partial charge in [-0.05, 0) is 55.8 Å². The maximum absolute atomic E-state index is 6.28. The first-order valence-corrected chi connectivity index (χ1v) is 9.60. The molecule has 0 aromatic carbocycles. The van der Waals surface area contributed by atoms with Crippen LogP contribution in [0.3, 0.4) is 0 Å². The van der Waals surface area contributed by atoms with Gasteiger partial charge in [0.05, 0.1) is 6.10 Å². The predicted octanol–water partition coefficient (Wildman–Crippen LogP) is 6.60. The molecule has 21 heavy (non-hydrogen) atoms. The zero-order valence-corrected chi connectivity index (χ0v) is 15.4. The van der Waals surface area contributed by atoms with Gasteiger partial charge in [0.2, 0.25) is 0 Å². The summed E-state index contributed by atoms with van der Waals surface area (Å²) in [5.41, 5.74) is 0.510. The number of ether oxygens (including phenoxy) is 1. The first-order chi connectivity index (χ1) is 9.99. The van der Waals surface area contributed by atoms with E-state index in [4.69, 9.17) is 4.74 Å². The van der Waals surface area contributed by atoms with Gasteiger partial charge in [-0.25, -0.2) is 0 Å². The van der Waals surface area contributed by atoms with Crippen LogP contribution in [0.2, 0.25) is 0 Å². The van der Waals surface area contributed by atoms with E-state index in [0.29, 0.717) is 11.5 Å². The molecule has 0 spiro atoms. The molecule has 0 aliphatic heterocycles. The van der Waals surface area contributed by atoms with Crippen molar-refractivity contribution >= 4 is 0 Å². The molecule has 126 valence electrons. The Morgan fingerprint density at radius 1 is 1.10 bits per heavy atom. The van der Waals surface area contributed by atoms with Gasteiger partial charge in [-0.1, -0.05) is 60.3 Å². The summed E-state index contributed by atoms with van der Waals surface area (Å²) < 4.78 is 6.28. The molecule has 1 fully saturated rings. The smallest absolute Gasteiger partial charge is 0.0572 e. The van der Waals surface area contributed by atoms with E-state index in [1.807, 2.05) is 0 Å². The number of rotatable bonds is 10. The van der Waals surface area contributed by atoms with Crippen LogP contribution in [0.5, 0.6) is 0 Å². The summed E-state index contributed by atoms with van der Waals surface area (Å²) in [7, 11) is 0. The highest BCUT2D eigenvalue weighted by Gasteiger charge is 2.25. The summed E-state index contributed by atoms with van der Waals surface area (Å²) in [6.45, 7) is 12.8. The minimum atomic E-state index is 0.491. The zero-order chi connectivity index (χ0) is 15.7. The first-order valence-electron chi connectivity index (χ1n) is 9.60. The monoisotopic (exact) mass is 296 g/mol. The molecule has 1 saturated carbocycles. The van der Waals surface area contributed by atoms with E-state index in [1.165, 1.54) is 64.2 Å². The van der Waals surface area contributed by atoms with Crippen LogP contribution in [0.15, 0.2) is 0 Å². The second-order valence-electron chi connectivity index (χ2n) is 8.17. The SMILES string of the molecule is CCC(CCC(C)(CC)CC(C)C)OCC1CCCCC1. The van der Waals surface area contributed by atoms with Crippen molar-refractivity contribution in [3.63, 3.8) is 0 Å². The van der Waals surface area contributed by atoms with Crippen LogP contribution in [0.4, 0.5) is 0 Å². The minimum absolute atomic E-state index is 0.491. The molecule has 2 unspecified atom stereocenters. The van der Waals surface area contributed by atoms with Crippen LogP contribution in [0.1, 0.15) is 98.8 Å². The summed E-state index contributed by atoms with van der Waals surface area (Å²) in [6, 6.07) is 0. The van der Waals surface area contributed by atoms with Crippen molar-refractivity contribution in [3.8, 4) is 0 Å². The molecule has 0 heterocycles. The standard InChI is InChI=1S/C20H40O/c1-6-19(21-16-18-11-9-8-10-12-18)13-14-20(5,7-2)15-17(3)4/h17-19H,6-16H2,1-5H3. The molecule has 1 rings (SSSR count). The maximum atomic E-state index is 6.28. The molecule has 0 radical (unpaired) electrons. The topological polar surface area (TPSA) is 9.23 Å². The molecule has 1 aliphatic carbocycles. The molecule has 0 amide bonds. The van der Waals surface area contributed by atoms with E-state index < -0.39 is 0 Å². The summed E-state index contributed by atoms with van der Waals surface area (Å²) in [4.78, 5) is 0. The van der Waals surface area contributed by atoms with Crippen molar-refractivity contribution in [2.45, 2.75) is 105 Å². The Hall–Kier alpha value is -0.0400. The van der Waals surface area contributed by atoms with E-state index in [2.05, 4.69) is 34.6 Å². The fraction of sp³-hybridized carbons (Fsp3) is 1.00. The van der Waals surface area contributed by atoms with Crippen LogP contribution in [-0.2, 0) is 4.74 Å². The van der Waals surface area contributed by atoms with Gasteiger partial charge in [0, 0.05) is 6.61 Å². The Balaban J connectivity index is 2.31. The van der Waals surface area contributed by atoms with Gasteiger partial charge in [-0.2, -0.15) is 0 Å². The number of hydrogen-bond acceptors (Lipinski definition) is 1. The molecular formula is C20H40O. The molecule has 1 heteroatoms. The zero-order valence-electron chi connectivity index (χ0n) is 15.4. The lowest BCUT2D eigenvalue weighted by Crippen LogP contribution is -2.24. The van der Waals surface area contributed by atoms with E-state index in [9.17, 15) is 0 Å². The molecule has 1 nitrogen and oxygen atoms in total.